The van der Waals surface area contributed by atoms with E-state index in [1.165, 1.54) is 48.7 Å². The summed E-state index contributed by atoms with van der Waals surface area (Å²) in [7, 11) is 0. The van der Waals surface area contributed by atoms with E-state index in [1.54, 1.807) is 24.3 Å². The number of non-ortho nitro benzene ring substituents is 1. The van der Waals surface area contributed by atoms with Crippen LogP contribution in [0.5, 0.6) is 5.75 Å². The van der Waals surface area contributed by atoms with E-state index < -0.39 is 16.8 Å². The molecule has 0 aliphatic carbocycles. The van der Waals surface area contributed by atoms with Crippen molar-refractivity contribution >= 4 is 47.0 Å². The fourth-order valence-electron chi connectivity index (χ4n) is 2.45. The highest BCUT2D eigenvalue weighted by atomic mass is 35.5. The fraction of sp³-hybridized carbons (Fsp3) is 0. The molecule has 3 rings (SSSR count). The van der Waals surface area contributed by atoms with Crippen LogP contribution in [0.1, 0.15) is 26.3 Å². The molecule has 0 aliphatic rings. The molecule has 0 bridgehead atoms. The number of nitrogens with zero attached hydrogens (tertiary/aromatic N) is 2. The number of hydrogen-bond donors (Lipinski definition) is 1. The molecule has 1 N–H and O–H groups in total. The first-order valence-electron chi connectivity index (χ1n) is 8.69. The Morgan fingerprint density at radius 3 is 2.42 bits per heavy atom. The van der Waals surface area contributed by atoms with Crippen molar-refractivity contribution in [1.29, 1.82) is 0 Å². The summed E-state index contributed by atoms with van der Waals surface area (Å²) in [5.74, 6) is -1.06. The number of benzene rings is 3. The van der Waals surface area contributed by atoms with Gasteiger partial charge in [-0.05, 0) is 42.5 Å². The first kappa shape index (κ1) is 21.9. The van der Waals surface area contributed by atoms with Gasteiger partial charge >= 0.3 is 5.97 Å². The highest BCUT2D eigenvalue weighted by Gasteiger charge is 2.13. The predicted molar refractivity (Wildman–Crippen MR) is 116 cm³/mol. The third kappa shape index (κ3) is 5.65. The van der Waals surface area contributed by atoms with E-state index in [-0.39, 0.29) is 27.6 Å². The Balaban J connectivity index is 1.70. The van der Waals surface area contributed by atoms with Gasteiger partial charge in [-0.2, -0.15) is 5.10 Å². The monoisotopic (exact) mass is 457 g/mol. The van der Waals surface area contributed by atoms with Gasteiger partial charge in [0.25, 0.3) is 11.6 Å². The lowest BCUT2D eigenvalue weighted by Crippen LogP contribution is -2.18. The normalized spacial score (nSPS) is 10.6. The zero-order valence-electron chi connectivity index (χ0n) is 15.6. The van der Waals surface area contributed by atoms with Crippen LogP contribution >= 0.6 is 23.2 Å². The molecule has 0 saturated carbocycles. The molecule has 1 amide bonds. The Kier molecular flexibility index (Phi) is 6.96. The van der Waals surface area contributed by atoms with Crippen LogP contribution in [-0.2, 0) is 0 Å². The number of nitrogens with one attached hydrogen (secondary N) is 1. The standard InChI is InChI=1S/C21H13Cl2N3O5/c22-15-7-10-17(18(23)11-15)20(27)25-24-12-14-3-1-2-4-19(14)31-21(28)13-5-8-16(9-6-13)26(29)30/h1-12H,(H,25,27)/b24-12+. The van der Waals surface area contributed by atoms with Crippen LogP contribution in [0.15, 0.2) is 71.8 Å². The molecule has 0 saturated heterocycles. The fourth-order valence-corrected chi connectivity index (χ4v) is 2.95. The quantitative estimate of drug-likeness (QED) is 0.186. The number of halogens is 2. The summed E-state index contributed by atoms with van der Waals surface area (Å²) >= 11 is 11.8. The number of nitro groups is 1. The van der Waals surface area contributed by atoms with Gasteiger partial charge in [-0.3, -0.25) is 14.9 Å². The summed E-state index contributed by atoms with van der Waals surface area (Å²) < 4.78 is 5.36. The van der Waals surface area contributed by atoms with Gasteiger partial charge in [-0.25, -0.2) is 10.2 Å². The molecule has 156 valence electrons. The van der Waals surface area contributed by atoms with E-state index >= 15 is 0 Å². The SMILES string of the molecule is O=C(Oc1ccccc1/C=N/NC(=O)c1ccc(Cl)cc1Cl)c1ccc([N+](=O)[O-])cc1. The van der Waals surface area contributed by atoms with E-state index in [0.717, 1.165) is 0 Å². The van der Waals surface area contributed by atoms with E-state index in [2.05, 4.69) is 10.5 Å². The summed E-state index contributed by atoms with van der Waals surface area (Å²) in [5.41, 5.74) is 2.95. The van der Waals surface area contributed by atoms with Gasteiger partial charge in [0.2, 0.25) is 0 Å². The van der Waals surface area contributed by atoms with E-state index in [0.29, 0.717) is 10.6 Å². The number of amides is 1. The lowest BCUT2D eigenvalue weighted by molar-refractivity contribution is -0.384. The summed E-state index contributed by atoms with van der Waals surface area (Å²) in [5, 5.41) is 15.2. The second-order valence-corrected chi connectivity index (χ2v) is 6.90. The van der Waals surface area contributed by atoms with Crippen LogP contribution in [0.3, 0.4) is 0 Å². The molecule has 0 aromatic heterocycles. The highest BCUT2D eigenvalue weighted by Crippen LogP contribution is 2.21. The summed E-state index contributed by atoms with van der Waals surface area (Å²) in [4.78, 5) is 34.7. The molecule has 8 nitrogen and oxygen atoms in total. The molecular weight excluding hydrogens is 445 g/mol. The van der Waals surface area contributed by atoms with Crippen molar-refractivity contribution in [3.05, 3.63) is 104 Å². The molecule has 0 aliphatic heterocycles. The van der Waals surface area contributed by atoms with Gasteiger partial charge in [-0.1, -0.05) is 35.3 Å². The smallest absolute Gasteiger partial charge is 0.343 e. The molecule has 0 radical (unpaired) electrons. The van der Waals surface area contributed by atoms with Crippen LogP contribution in [0.25, 0.3) is 0 Å². The minimum absolute atomic E-state index is 0.138. The Hall–Kier alpha value is -3.75. The first-order chi connectivity index (χ1) is 14.8. The maximum absolute atomic E-state index is 12.3. The van der Waals surface area contributed by atoms with Crippen molar-refractivity contribution in [3.8, 4) is 5.75 Å². The van der Waals surface area contributed by atoms with Gasteiger partial charge in [0.15, 0.2) is 0 Å². The maximum Gasteiger partial charge on any atom is 0.343 e. The Labute approximate surface area is 186 Å². The predicted octanol–water partition coefficient (Wildman–Crippen LogP) is 4.88. The topological polar surface area (TPSA) is 111 Å². The van der Waals surface area contributed by atoms with Gasteiger partial charge < -0.3 is 4.74 Å². The zero-order valence-corrected chi connectivity index (χ0v) is 17.1. The number of esters is 1. The second-order valence-electron chi connectivity index (χ2n) is 6.05. The van der Waals surface area contributed by atoms with E-state index in [9.17, 15) is 19.7 Å². The second kappa shape index (κ2) is 9.84. The van der Waals surface area contributed by atoms with Crippen LogP contribution < -0.4 is 10.2 Å². The minimum atomic E-state index is -0.701. The Morgan fingerprint density at radius 1 is 1.03 bits per heavy atom. The molecule has 31 heavy (non-hydrogen) atoms. The third-order valence-corrected chi connectivity index (χ3v) is 4.53. The number of nitro benzene ring substituents is 1. The minimum Gasteiger partial charge on any atom is -0.422 e. The van der Waals surface area contributed by atoms with Crippen LogP contribution in [0, 0.1) is 10.1 Å². The van der Waals surface area contributed by atoms with E-state index in [1.807, 2.05) is 0 Å². The molecular formula is C21H13Cl2N3O5. The van der Waals surface area contributed by atoms with Gasteiger partial charge in [0.1, 0.15) is 5.75 Å². The highest BCUT2D eigenvalue weighted by molar-refractivity contribution is 6.36. The summed E-state index contributed by atoms with van der Waals surface area (Å²) in [6.45, 7) is 0. The zero-order chi connectivity index (χ0) is 22.4. The molecule has 0 unspecified atom stereocenters. The average Bonchev–Trinajstić information content (AvgIpc) is 2.74. The van der Waals surface area contributed by atoms with Crippen molar-refractivity contribution in [2.45, 2.75) is 0 Å². The third-order valence-electron chi connectivity index (χ3n) is 3.98. The molecule has 10 heteroatoms. The lowest BCUT2D eigenvalue weighted by atomic mass is 10.2. The Bertz CT molecular complexity index is 1180. The van der Waals surface area contributed by atoms with Crippen LogP contribution in [0.4, 0.5) is 5.69 Å². The molecule has 0 fully saturated rings. The molecule has 0 heterocycles. The van der Waals surface area contributed by atoms with Gasteiger partial charge in [0.05, 0.1) is 27.3 Å². The van der Waals surface area contributed by atoms with Crippen LogP contribution in [-0.4, -0.2) is 23.0 Å². The number of carbonyl (C=O) groups is 2. The van der Waals surface area contributed by atoms with Crippen molar-refractivity contribution < 1.29 is 19.2 Å². The van der Waals surface area contributed by atoms with Crippen molar-refractivity contribution in [1.82, 2.24) is 5.43 Å². The number of rotatable bonds is 6. The van der Waals surface area contributed by atoms with Gasteiger partial charge in [0, 0.05) is 22.7 Å². The summed E-state index contributed by atoms with van der Waals surface area (Å²) in [6.07, 6.45) is 1.31. The maximum atomic E-state index is 12.3. The summed E-state index contributed by atoms with van der Waals surface area (Å²) in [6, 6.07) is 16.0. The van der Waals surface area contributed by atoms with Crippen LogP contribution in [0.2, 0.25) is 10.0 Å². The number of ether oxygens (including phenoxy) is 1. The molecule has 0 atom stereocenters. The average molecular weight is 458 g/mol. The van der Waals surface area contributed by atoms with Gasteiger partial charge in [-0.15, -0.1) is 0 Å². The number of para-hydroxylation sites is 1. The Morgan fingerprint density at radius 2 is 1.74 bits per heavy atom. The van der Waals surface area contributed by atoms with Crippen molar-refractivity contribution in [3.63, 3.8) is 0 Å². The molecule has 0 spiro atoms. The largest absolute Gasteiger partial charge is 0.422 e. The molecule has 3 aromatic carbocycles. The number of hydrogen-bond acceptors (Lipinski definition) is 6. The van der Waals surface area contributed by atoms with Crippen molar-refractivity contribution in [2.24, 2.45) is 5.10 Å². The molecule has 3 aromatic rings. The lowest BCUT2D eigenvalue weighted by Gasteiger charge is -2.07. The van der Waals surface area contributed by atoms with E-state index in [4.69, 9.17) is 27.9 Å². The number of carbonyl (C=O) groups excluding carboxylic acids is 2. The number of hydrazone groups is 1. The van der Waals surface area contributed by atoms with Crippen molar-refractivity contribution in [2.75, 3.05) is 0 Å². The first-order valence-corrected chi connectivity index (χ1v) is 9.45.